The summed E-state index contributed by atoms with van der Waals surface area (Å²) in [7, 11) is 0. The van der Waals surface area contributed by atoms with Crippen molar-refractivity contribution < 1.29 is 19.7 Å². The number of benzene rings is 1. The summed E-state index contributed by atoms with van der Waals surface area (Å²) in [5.41, 5.74) is -0.769. The molecule has 0 amide bonds. The molecule has 1 rings (SSSR count). The van der Waals surface area contributed by atoms with Gasteiger partial charge in [0.2, 0.25) is 0 Å². The van der Waals surface area contributed by atoms with Crippen molar-refractivity contribution in [3.8, 4) is 5.75 Å². The van der Waals surface area contributed by atoms with Crippen molar-refractivity contribution in [2.45, 2.75) is 25.9 Å². The molecule has 1 aromatic carbocycles. The number of rotatable bonds is 5. The summed E-state index contributed by atoms with van der Waals surface area (Å²) < 4.78 is 5.87. The van der Waals surface area contributed by atoms with Gasteiger partial charge >= 0.3 is 5.97 Å². The molecule has 94 valence electrons. The summed E-state index contributed by atoms with van der Waals surface area (Å²) in [5.74, 6) is -0.594. The third-order valence-corrected chi connectivity index (χ3v) is 3.17. The normalized spacial score (nSPS) is 14.1. The van der Waals surface area contributed by atoms with Gasteiger partial charge < -0.3 is 14.9 Å². The van der Waals surface area contributed by atoms with E-state index in [0.717, 1.165) is 0 Å². The highest BCUT2D eigenvalue weighted by atomic mass is 79.9. The van der Waals surface area contributed by atoms with Crippen LogP contribution in [0.25, 0.3) is 0 Å². The van der Waals surface area contributed by atoms with Crippen LogP contribution >= 0.6 is 15.9 Å². The van der Waals surface area contributed by atoms with Crippen LogP contribution in [0.3, 0.4) is 0 Å². The van der Waals surface area contributed by atoms with E-state index in [2.05, 4.69) is 15.9 Å². The number of halogens is 1. The molecular weight excluding hydrogens is 288 g/mol. The zero-order valence-corrected chi connectivity index (χ0v) is 11.3. The predicted molar refractivity (Wildman–Crippen MR) is 67.5 cm³/mol. The lowest BCUT2D eigenvalue weighted by molar-refractivity contribution is 0.00845. The van der Waals surface area contributed by atoms with Crippen LogP contribution in [-0.4, -0.2) is 28.4 Å². The van der Waals surface area contributed by atoms with Gasteiger partial charge in [0, 0.05) is 4.47 Å². The highest BCUT2D eigenvalue weighted by Crippen LogP contribution is 2.23. The van der Waals surface area contributed by atoms with Gasteiger partial charge in [0.1, 0.15) is 12.4 Å². The van der Waals surface area contributed by atoms with E-state index in [1.54, 1.807) is 19.1 Å². The molecule has 1 aromatic rings. The average Bonchev–Trinajstić information content (AvgIpc) is 2.27. The van der Waals surface area contributed by atoms with Gasteiger partial charge in [0.25, 0.3) is 0 Å². The quantitative estimate of drug-likeness (QED) is 0.877. The first-order valence-electron chi connectivity index (χ1n) is 5.24. The van der Waals surface area contributed by atoms with Crippen molar-refractivity contribution in [2.24, 2.45) is 0 Å². The van der Waals surface area contributed by atoms with Gasteiger partial charge in [0.15, 0.2) is 0 Å². The number of hydrogen-bond acceptors (Lipinski definition) is 3. The van der Waals surface area contributed by atoms with E-state index in [9.17, 15) is 9.90 Å². The van der Waals surface area contributed by atoms with Gasteiger partial charge in [-0.15, -0.1) is 0 Å². The molecule has 0 radical (unpaired) electrons. The molecule has 0 aliphatic carbocycles. The first-order valence-corrected chi connectivity index (χ1v) is 6.03. The SMILES string of the molecule is CCC(C)(O)COc1ccc(Br)c(C(=O)O)c1. The topological polar surface area (TPSA) is 66.8 Å². The lowest BCUT2D eigenvalue weighted by atomic mass is 10.1. The van der Waals surface area contributed by atoms with Gasteiger partial charge in [-0.3, -0.25) is 0 Å². The first kappa shape index (κ1) is 14.0. The minimum atomic E-state index is -1.02. The monoisotopic (exact) mass is 302 g/mol. The van der Waals surface area contributed by atoms with E-state index in [1.165, 1.54) is 6.07 Å². The van der Waals surface area contributed by atoms with E-state index in [0.29, 0.717) is 16.6 Å². The first-order chi connectivity index (χ1) is 7.85. The Hall–Kier alpha value is -1.07. The number of ether oxygens (including phenoxy) is 1. The molecule has 0 saturated heterocycles. The van der Waals surface area contributed by atoms with Crippen LogP contribution in [0.4, 0.5) is 0 Å². The molecule has 1 unspecified atom stereocenters. The molecule has 1 atom stereocenters. The number of carboxylic acid groups (broad SMARTS) is 1. The summed E-state index contributed by atoms with van der Waals surface area (Å²) in [6.07, 6.45) is 0.565. The van der Waals surface area contributed by atoms with E-state index in [-0.39, 0.29) is 12.2 Å². The predicted octanol–water partition coefficient (Wildman–Crippen LogP) is 2.69. The summed E-state index contributed by atoms with van der Waals surface area (Å²) in [5, 5.41) is 18.7. The molecule has 5 heteroatoms. The van der Waals surface area contributed by atoms with Crippen molar-refractivity contribution in [1.29, 1.82) is 0 Å². The Bertz CT molecular complexity index is 415. The van der Waals surface area contributed by atoms with E-state index in [4.69, 9.17) is 9.84 Å². The van der Waals surface area contributed by atoms with Gasteiger partial charge in [-0.25, -0.2) is 4.79 Å². The van der Waals surface area contributed by atoms with E-state index >= 15 is 0 Å². The summed E-state index contributed by atoms with van der Waals surface area (Å²) >= 11 is 3.15. The smallest absolute Gasteiger partial charge is 0.336 e. The van der Waals surface area contributed by atoms with Crippen molar-refractivity contribution in [2.75, 3.05) is 6.61 Å². The maximum atomic E-state index is 10.9. The van der Waals surface area contributed by atoms with Crippen molar-refractivity contribution in [3.63, 3.8) is 0 Å². The van der Waals surface area contributed by atoms with Crippen molar-refractivity contribution in [1.82, 2.24) is 0 Å². The molecule has 0 aliphatic heterocycles. The lowest BCUT2D eigenvalue weighted by Gasteiger charge is -2.21. The van der Waals surface area contributed by atoms with Gasteiger partial charge in [-0.05, 0) is 47.5 Å². The minimum absolute atomic E-state index is 0.129. The Balaban J connectivity index is 2.80. The summed E-state index contributed by atoms with van der Waals surface area (Å²) in [6.45, 7) is 3.65. The van der Waals surface area contributed by atoms with Crippen LogP contribution in [0, 0.1) is 0 Å². The van der Waals surface area contributed by atoms with Crippen LogP contribution in [0.2, 0.25) is 0 Å². The van der Waals surface area contributed by atoms with E-state index < -0.39 is 11.6 Å². The fourth-order valence-corrected chi connectivity index (χ4v) is 1.52. The molecule has 0 bridgehead atoms. The molecule has 0 aliphatic rings. The number of aliphatic hydroxyl groups is 1. The maximum Gasteiger partial charge on any atom is 0.336 e. The van der Waals surface area contributed by atoms with Crippen LogP contribution in [-0.2, 0) is 0 Å². The molecule has 0 heterocycles. The minimum Gasteiger partial charge on any atom is -0.491 e. The largest absolute Gasteiger partial charge is 0.491 e. The van der Waals surface area contributed by atoms with E-state index in [1.807, 2.05) is 6.92 Å². The molecule has 0 aromatic heterocycles. The Labute approximate surface area is 108 Å². The molecule has 4 nitrogen and oxygen atoms in total. The Morgan fingerprint density at radius 2 is 2.18 bits per heavy atom. The molecule has 17 heavy (non-hydrogen) atoms. The van der Waals surface area contributed by atoms with Crippen molar-refractivity contribution in [3.05, 3.63) is 28.2 Å². The molecular formula is C12H15BrO4. The fourth-order valence-electron chi connectivity index (χ4n) is 1.10. The Morgan fingerprint density at radius 3 is 2.71 bits per heavy atom. The Morgan fingerprint density at radius 1 is 1.53 bits per heavy atom. The number of hydrogen-bond donors (Lipinski definition) is 2. The fraction of sp³-hybridized carbons (Fsp3) is 0.417. The molecule has 0 spiro atoms. The van der Waals surface area contributed by atoms with Gasteiger partial charge in [-0.1, -0.05) is 6.92 Å². The third kappa shape index (κ3) is 4.02. The Kier molecular flexibility index (Phi) is 4.54. The standard InChI is InChI=1S/C12H15BrO4/c1-3-12(2,16)7-17-8-4-5-10(13)9(6-8)11(14)15/h4-6,16H,3,7H2,1-2H3,(H,14,15). The molecule has 2 N–H and O–H groups in total. The number of carbonyl (C=O) groups is 1. The highest BCUT2D eigenvalue weighted by molar-refractivity contribution is 9.10. The highest BCUT2D eigenvalue weighted by Gasteiger charge is 2.19. The third-order valence-electron chi connectivity index (χ3n) is 2.48. The van der Waals surface area contributed by atoms with Crippen LogP contribution in [0.5, 0.6) is 5.75 Å². The second-order valence-electron chi connectivity index (χ2n) is 4.09. The average molecular weight is 303 g/mol. The second kappa shape index (κ2) is 5.51. The summed E-state index contributed by atoms with van der Waals surface area (Å²) in [6, 6.07) is 4.69. The summed E-state index contributed by atoms with van der Waals surface area (Å²) in [4.78, 5) is 10.9. The van der Waals surface area contributed by atoms with Crippen LogP contribution < -0.4 is 4.74 Å². The zero-order valence-electron chi connectivity index (χ0n) is 9.74. The van der Waals surface area contributed by atoms with Gasteiger partial charge in [0.05, 0.1) is 11.2 Å². The maximum absolute atomic E-state index is 10.9. The molecule has 0 fully saturated rings. The van der Waals surface area contributed by atoms with Crippen LogP contribution in [0.15, 0.2) is 22.7 Å². The number of aromatic carboxylic acids is 1. The second-order valence-corrected chi connectivity index (χ2v) is 4.94. The molecule has 0 saturated carbocycles. The number of carboxylic acids is 1. The van der Waals surface area contributed by atoms with Crippen molar-refractivity contribution >= 4 is 21.9 Å². The van der Waals surface area contributed by atoms with Crippen LogP contribution in [0.1, 0.15) is 30.6 Å². The lowest BCUT2D eigenvalue weighted by Crippen LogP contribution is -2.31. The van der Waals surface area contributed by atoms with Gasteiger partial charge in [-0.2, -0.15) is 0 Å². The zero-order chi connectivity index (χ0) is 13.1.